The van der Waals surface area contributed by atoms with E-state index in [1.54, 1.807) is 18.3 Å². The van der Waals surface area contributed by atoms with Gasteiger partial charge in [0.2, 0.25) is 0 Å². The van der Waals surface area contributed by atoms with Crippen molar-refractivity contribution in [1.82, 2.24) is 4.98 Å². The molecule has 0 aliphatic rings. The lowest BCUT2D eigenvalue weighted by Gasteiger charge is -2.21. The average Bonchev–Trinajstić information content (AvgIpc) is 3.43. The van der Waals surface area contributed by atoms with Crippen LogP contribution in [0.1, 0.15) is 45.1 Å². The van der Waals surface area contributed by atoms with Crippen molar-refractivity contribution < 1.29 is 13.9 Å². The molecule has 0 saturated carbocycles. The van der Waals surface area contributed by atoms with Crippen molar-refractivity contribution in [3.63, 3.8) is 0 Å². The van der Waals surface area contributed by atoms with E-state index in [4.69, 9.17) is 9.15 Å². The summed E-state index contributed by atoms with van der Waals surface area (Å²) in [4.78, 5) is 18.2. The van der Waals surface area contributed by atoms with Crippen LogP contribution in [0.5, 0.6) is 5.75 Å². The third-order valence-corrected chi connectivity index (χ3v) is 5.88. The number of amides is 1. The molecule has 0 aliphatic carbocycles. The van der Waals surface area contributed by atoms with Gasteiger partial charge in [0.05, 0.1) is 18.9 Å². The number of aryl methyl sites for hydroxylation is 2. The van der Waals surface area contributed by atoms with Gasteiger partial charge in [0.1, 0.15) is 16.6 Å². The highest BCUT2D eigenvalue weighted by Crippen LogP contribution is 2.38. The number of rotatable bonds is 8. The third kappa shape index (κ3) is 5.00. The van der Waals surface area contributed by atoms with Crippen LogP contribution in [0.4, 0.5) is 10.8 Å². The second-order valence-electron chi connectivity index (χ2n) is 7.37. The molecule has 3 aromatic heterocycles. The monoisotopic (exact) mass is 447 g/mol. The number of benzene rings is 1. The van der Waals surface area contributed by atoms with E-state index in [0.717, 1.165) is 38.1 Å². The zero-order chi connectivity index (χ0) is 22.5. The molecular formula is C25H25N3O3S. The van der Waals surface area contributed by atoms with Crippen molar-refractivity contribution >= 4 is 28.1 Å². The summed E-state index contributed by atoms with van der Waals surface area (Å²) in [6.07, 6.45) is 3.27. The van der Waals surface area contributed by atoms with E-state index in [1.165, 1.54) is 17.6 Å². The van der Waals surface area contributed by atoms with Crippen LogP contribution in [0.3, 0.4) is 0 Å². The molecule has 6 nitrogen and oxygen atoms in total. The molecule has 1 atom stereocenters. The van der Waals surface area contributed by atoms with Crippen molar-refractivity contribution in [1.29, 1.82) is 0 Å². The Hall–Kier alpha value is -3.58. The number of hydrogen-bond acceptors (Lipinski definition) is 6. The first-order chi connectivity index (χ1) is 15.5. The van der Waals surface area contributed by atoms with Crippen LogP contribution in [0.2, 0.25) is 0 Å². The number of anilines is 2. The van der Waals surface area contributed by atoms with Gasteiger partial charge in [-0.25, -0.2) is 4.98 Å². The second-order valence-corrected chi connectivity index (χ2v) is 8.63. The first-order valence-corrected chi connectivity index (χ1v) is 11.2. The minimum atomic E-state index is -0.280. The fraction of sp³-hybridized carbons (Fsp3) is 0.200. The Balaban J connectivity index is 1.71. The molecule has 1 amide bonds. The Morgan fingerprint density at radius 3 is 2.66 bits per heavy atom. The Labute approximate surface area is 191 Å². The van der Waals surface area contributed by atoms with Crippen LogP contribution in [0, 0.1) is 13.8 Å². The average molecular weight is 448 g/mol. The molecule has 2 N–H and O–H groups in total. The number of thiophene rings is 1. The molecule has 32 heavy (non-hydrogen) atoms. The molecule has 7 heteroatoms. The predicted octanol–water partition coefficient (Wildman–Crippen LogP) is 6.21. The molecule has 1 aromatic carbocycles. The molecule has 4 rings (SSSR count). The summed E-state index contributed by atoms with van der Waals surface area (Å²) in [6.45, 7) is 6.63. The molecule has 4 aromatic rings. The van der Waals surface area contributed by atoms with Gasteiger partial charge in [0.25, 0.3) is 5.91 Å². The summed E-state index contributed by atoms with van der Waals surface area (Å²) >= 11 is 1.53. The number of carbonyl (C=O) groups excluding carboxylic acids is 1. The number of nitrogens with one attached hydrogen (secondary N) is 2. The standard InChI is InChI=1S/C25H25N3O3S/c1-4-30-19-9-7-18(8-10-19)23(27-22-14-16(2)11-12-26-22)20-15-17(3)32-25(20)28-24(29)21-6-5-13-31-21/h5-15,23H,4H2,1-3H3,(H,26,27)(H,28,29). The van der Waals surface area contributed by atoms with Crippen molar-refractivity contribution in [2.45, 2.75) is 26.8 Å². The van der Waals surface area contributed by atoms with Crippen molar-refractivity contribution in [2.75, 3.05) is 17.2 Å². The lowest BCUT2D eigenvalue weighted by atomic mass is 9.99. The molecule has 3 heterocycles. The van der Waals surface area contributed by atoms with Gasteiger partial charge < -0.3 is 19.8 Å². The number of hydrogen-bond donors (Lipinski definition) is 2. The topological polar surface area (TPSA) is 76.4 Å². The zero-order valence-corrected chi connectivity index (χ0v) is 19.0. The van der Waals surface area contributed by atoms with Gasteiger partial charge in [0.15, 0.2) is 5.76 Å². The highest BCUT2D eigenvalue weighted by atomic mass is 32.1. The molecule has 0 aliphatic heterocycles. The van der Waals surface area contributed by atoms with Crippen molar-refractivity contribution in [3.05, 3.63) is 94.4 Å². The molecule has 1 unspecified atom stereocenters. The SMILES string of the molecule is CCOc1ccc(C(Nc2cc(C)ccn2)c2cc(C)sc2NC(=O)c2ccco2)cc1. The van der Waals surface area contributed by atoms with Gasteiger partial charge in [-0.2, -0.15) is 0 Å². The maximum Gasteiger partial charge on any atom is 0.291 e. The van der Waals surface area contributed by atoms with Gasteiger partial charge in [0, 0.05) is 16.6 Å². The molecular weight excluding hydrogens is 422 g/mol. The summed E-state index contributed by atoms with van der Waals surface area (Å²) in [5, 5.41) is 7.33. The van der Waals surface area contributed by atoms with Gasteiger partial charge in [-0.3, -0.25) is 4.79 Å². The number of pyridine rings is 1. The number of nitrogens with zero attached hydrogens (tertiary/aromatic N) is 1. The minimum Gasteiger partial charge on any atom is -0.494 e. The summed E-state index contributed by atoms with van der Waals surface area (Å²) in [7, 11) is 0. The van der Waals surface area contributed by atoms with Gasteiger partial charge in [-0.1, -0.05) is 12.1 Å². The number of carbonyl (C=O) groups is 1. The minimum absolute atomic E-state index is 0.225. The second kappa shape index (κ2) is 9.70. The van der Waals surface area contributed by atoms with Crippen LogP contribution < -0.4 is 15.4 Å². The molecule has 0 radical (unpaired) electrons. The molecule has 0 spiro atoms. The van der Waals surface area contributed by atoms with E-state index in [0.29, 0.717) is 6.61 Å². The molecule has 0 saturated heterocycles. The van der Waals surface area contributed by atoms with Gasteiger partial charge in [-0.05, 0) is 74.4 Å². The Morgan fingerprint density at radius 2 is 1.97 bits per heavy atom. The van der Waals surface area contributed by atoms with E-state index in [9.17, 15) is 4.79 Å². The van der Waals surface area contributed by atoms with Crippen LogP contribution in [0.25, 0.3) is 0 Å². The summed E-state index contributed by atoms with van der Waals surface area (Å²) < 4.78 is 10.9. The number of furan rings is 1. The van der Waals surface area contributed by atoms with E-state index in [-0.39, 0.29) is 17.7 Å². The Bertz CT molecular complexity index is 1180. The van der Waals surface area contributed by atoms with E-state index in [2.05, 4.69) is 21.7 Å². The van der Waals surface area contributed by atoms with Crippen LogP contribution in [-0.2, 0) is 0 Å². The zero-order valence-electron chi connectivity index (χ0n) is 18.2. The van der Waals surface area contributed by atoms with E-state index < -0.39 is 0 Å². The first kappa shape index (κ1) is 21.6. The summed E-state index contributed by atoms with van der Waals surface area (Å²) in [6, 6.07) is 17.1. The third-order valence-electron chi connectivity index (χ3n) is 4.90. The maximum absolute atomic E-state index is 12.7. The predicted molar refractivity (Wildman–Crippen MR) is 128 cm³/mol. The number of aromatic nitrogens is 1. The number of ether oxygens (including phenoxy) is 1. The lowest BCUT2D eigenvalue weighted by molar-refractivity contribution is 0.0997. The highest BCUT2D eigenvalue weighted by molar-refractivity contribution is 7.16. The molecule has 0 bridgehead atoms. The van der Waals surface area contributed by atoms with E-state index >= 15 is 0 Å². The normalized spacial score (nSPS) is 11.7. The van der Waals surface area contributed by atoms with Crippen LogP contribution in [0.15, 0.2) is 71.5 Å². The van der Waals surface area contributed by atoms with Crippen molar-refractivity contribution in [3.8, 4) is 5.75 Å². The van der Waals surface area contributed by atoms with Gasteiger partial charge in [-0.15, -0.1) is 11.3 Å². The van der Waals surface area contributed by atoms with Crippen LogP contribution in [-0.4, -0.2) is 17.5 Å². The molecule has 164 valence electrons. The fourth-order valence-electron chi connectivity index (χ4n) is 3.45. The Morgan fingerprint density at radius 1 is 1.16 bits per heavy atom. The lowest BCUT2D eigenvalue weighted by Crippen LogP contribution is -2.17. The van der Waals surface area contributed by atoms with E-state index in [1.807, 2.05) is 57.2 Å². The maximum atomic E-state index is 12.7. The smallest absolute Gasteiger partial charge is 0.291 e. The summed E-state index contributed by atoms with van der Waals surface area (Å²) in [5.41, 5.74) is 3.10. The quantitative estimate of drug-likeness (QED) is 0.336. The molecule has 0 fully saturated rings. The van der Waals surface area contributed by atoms with Crippen molar-refractivity contribution in [2.24, 2.45) is 0 Å². The van der Waals surface area contributed by atoms with Crippen LogP contribution >= 0.6 is 11.3 Å². The Kier molecular flexibility index (Phi) is 6.56. The highest BCUT2D eigenvalue weighted by Gasteiger charge is 2.23. The fourth-order valence-corrected chi connectivity index (χ4v) is 4.39. The van der Waals surface area contributed by atoms with Gasteiger partial charge >= 0.3 is 0 Å². The largest absolute Gasteiger partial charge is 0.494 e. The first-order valence-electron chi connectivity index (χ1n) is 10.4. The summed E-state index contributed by atoms with van der Waals surface area (Å²) in [5.74, 6) is 1.57.